The zero-order valence-corrected chi connectivity index (χ0v) is 13.2. The molecule has 19 heavy (non-hydrogen) atoms. The summed E-state index contributed by atoms with van der Waals surface area (Å²) in [6.07, 6.45) is 8.42. The minimum Gasteiger partial charge on any atom is -0.206 e. The highest BCUT2D eigenvalue weighted by Gasteiger charge is 2.70. The zero-order chi connectivity index (χ0) is 14.5. The molecule has 0 aromatic carbocycles. The van der Waals surface area contributed by atoms with E-state index in [1.165, 1.54) is 0 Å². The van der Waals surface area contributed by atoms with E-state index in [0.717, 1.165) is 51.4 Å². The molecule has 0 aromatic heterocycles. The first-order valence-corrected chi connectivity index (χ1v) is 8.38. The van der Waals surface area contributed by atoms with Crippen LogP contribution in [0.25, 0.3) is 0 Å². The van der Waals surface area contributed by atoms with Gasteiger partial charge in [0.2, 0.25) is 0 Å². The van der Waals surface area contributed by atoms with Gasteiger partial charge in [-0.05, 0) is 18.3 Å². The maximum absolute atomic E-state index is 14.1. The molecule has 4 atom stereocenters. The SMILES string of the molecule is CCCCC(C)C1C(C(CCC)CCCC)C1(F)F. The summed E-state index contributed by atoms with van der Waals surface area (Å²) in [5.41, 5.74) is 0. The second kappa shape index (κ2) is 7.59. The van der Waals surface area contributed by atoms with E-state index >= 15 is 0 Å². The molecule has 1 saturated carbocycles. The lowest BCUT2D eigenvalue weighted by molar-refractivity contribution is 0.0641. The van der Waals surface area contributed by atoms with E-state index in [4.69, 9.17) is 0 Å². The van der Waals surface area contributed by atoms with Crippen molar-refractivity contribution in [2.75, 3.05) is 0 Å². The zero-order valence-electron chi connectivity index (χ0n) is 13.2. The third-order valence-corrected chi connectivity index (χ3v) is 4.89. The first-order valence-electron chi connectivity index (χ1n) is 8.38. The first-order chi connectivity index (χ1) is 9.00. The Hall–Kier alpha value is -0.140. The Kier molecular flexibility index (Phi) is 6.76. The summed E-state index contributed by atoms with van der Waals surface area (Å²) in [4.78, 5) is 0. The fourth-order valence-corrected chi connectivity index (χ4v) is 3.76. The lowest BCUT2D eigenvalue weighted by atomic mass is 9.88. The van der Waals surface area contributed by atoms with Crippen molar-refractivity contribution in [2.45, 2.75) is 85.0 Å². The topological polar surface area (TPSA) is 0 Å². The molecule has 0 amide bonds. The molecular weight excluding hydrogens is 242 g/mol. The van der Waals surface area contributed by atoms with Crippen LogP contribution in [-0.2, 0) is 0 Å². The average molecular weight is 274 g/mol. The van der Waals surface area contributed by atoms with Gasteiger partial charge in [0, 0.05) is 11.8 Å². The number of hydrogen-bond acceptors (Lipinski definition) is 0. The number of hydrogen-bond donors (Lipinski definition) is 0. The van der Waals surface area contributed by atoms with Crippen molar-refractivity contribution in [3.05, 3.63) is 0 Å². The minimum atomic E-state index is -2.37. The van der Waals surface area contributed by atoms with Crippen LogP contribution in [0.15, 0.2) is 0 Å². The third kappa shape index (κ3) is 4.16. The molecule has 1 fully saturated rings. The lowest BCUT2D eigenvalue weighted by Crippen LogP contribution is -2.09. The summed E-state index contributed by atoms with van der Waals surface area (Å²) < 4.78 is 28.3. The van der Waals surface area contributed by atoms with Crippen LogP contribution in [0.3, 0.4) is 0 Å². The fourth-order valence-electron chi connectivity index (χ4n) is 3.76. The Morgan fingerprint density at radius 2 is 1.42 bits per heavy atom. The summed E-state index contributed by atoms with van der Waals surface area (Å²) in [5.74, 6) is -2.56. The third-order valence-electron chi connectivity index (χ3n) is 4.89. The van der Waals surface area contributed by atoms with Gasteiger partial charge in [-0.15, -0.1) is 0 Å². The largest absolute Gasteiger partial charge is 0.255 e. The quantitative estimate of drug-likeness (QED) is 0.438. The maximum atomic E-state index is 14.1. The molecule has 0 saturated heterocycles. The smallest absolute Gasteiger partial charge is 0.206 e. The summed E-state index contributed by atoms with van der Waals surface area (Å²) in [7, 11) is 0. The number of alkyl halides is 2. The van der Waals surface area contributed by atoms with Crippen LogP contribution in [0.1, 0.15) is 79.1 Å². The van der Waals surface area contributed by atoms with Gasteiger partial charge in [0.1, 0.15) is 0 Å². The van der Waals surface area contributed by atoms with E-state index in [2.05, 4.69) is 20.8 Å². The monoisotopic (exact) mass is 274 g/mol. The number of halogens is 2. The average Bonchev–Trinajstić information content (AvgIpc) is 2.94. The molecule has 0 heterocycles. The first kappa shape index (κ1) is 16.9. The number of unbranched alkanes of at least 4 members (excludes halogenated alkanes) is 2. The van der Waals surface area contributed by atoms with Crippen molar-refractivity contribution in [1.82, 2.24) is 0 Å². The summed E-state index contributed by atoms with van der Waals surface area (Å²) in [6, 6.07) is 0. The van der Waals surface area contributed by atoms with E-state index < -0.39 is 5.92 Å². The Morgan fingerprint density at radius 3 is 1.95 bits per heavy atom. The van der Waals surface area contributed by atoms with Gasteiger partial charge < -0.3 is 0 Å². The molecule has 1 rings (SSSR count). The molecule has 0 nitrogen and oxygen atoms in total. The van der Waals surface area contributed by atoms with Crippen LogP contribution >= 0.6 is 0 Å². The molecular formula is C17H32F2. The molecule has 114 valence electrons. The van der Waals surface area contributed by atoms with Crippen molar-refractivity contribution in [3.8, 4) is 0 Å². The predicted octanol–water partition coefficient (Wildman–Crippen LogP) is 6.30. The standard InChI is InChI=1S/C17H32F2/c1-5-8-11-13(4)15-16(17(15,18)19)14(10-7-3)12-9-6-2/h13-16H,5-12H2,1-4H3. The molecule has 1 aliphatic carbocycles. The molecule has 0 aromatic rings. The summed E-state index contributed by atoms with van der Waals surface area (Å²) >= 11 is 0. The maximum Gasteiger partial charge on any atom is 0.255 e. The molecule has 0 N–H and O–H groups in total. The van der Waals surface area contributed by atoms with Gasteiger partial charge in [-0.3, -0.25) is 0 Å². The minimum absolute atomic E-state index is 0.195. The highest BCUT2D eigenvalue weighted by molar-refractivity contribution is 5.09. The Balaban J connectivity index is 2.59. The molecule has 1 aliphatic rings. The van der Waals surface area contributed by atoms with Crippen molar-refractivity contribution in [1.29, 1.82) is 0 Å². The molecule has 0 aliphatic heterocycles. The summed E-state index contributed by atoms with van der Waals surface area (Å²) in [6.45, 7) is 8.44. The van der Waals surface area contributed by atoms with Crippen molar-refractivity contribution < 1.29 is 8.78 Å². The Morgan fingerprint density at radius 1 is 0.842 bits per heavy atom. The van der Waals surface area contributed by atoms with Gasteiger partial charge in [-0.1, -0.05) is 72.6 Å². The van der Waals surface area contributed by atoms with Gasteiger partial charge in [0.15, 0.2) is 0 Å². The van der Waals surface area contributed by atoms with Crippen LogP contribution in [0.5, 0.6) is 0 Å². The van der Waals surface area contributed by atoms with Crippen LogP contribution in [0.4, 0.5) is 8.78 Å². The normalized spacial score (nSPS) is 28.1. The predicted molar refractivity (Wildman–Crippen MR) is 78.5 cm³/mol. The van der Waals surface area contributed by atoms with Gasteiger partial charge >= 0.3 is 0 Å². The number of rotatable bonds is 10. The van der Waals surface area contributed by atoms with E-state index in [-0.39, 0.29) is 23.7 Å². The van der Waals surface area contributed by atoms with Gasteiger partial charge in [0.05, 0.1) is 0 Å². The van der Waals surface area contributed by atoms with Gasteiger partial charge in [-0.25, -0.2) is 8.78 Å². The lowest BCUT2D eigenvalue weighted by Gasteiger charge is -2.16. The highest BCUT2D eigenvalue weighted by Crippen LogP contribution is 2.64. The Bertz CT molecular complexity index is 250. The van der Waals surface area contributed by atoms with E-state index in [1.54, 1.807) is 0 Å². The van der Waals surface area contributed by atoms with Crippen molar-refractivity contribution >= 4 is 0 Å². The van der Waals surface area contributed by atoms with Crippen molar-refractivity contribution in [3.63, 3.8) is 0 Å². The highest BCUT2D eigenvalue weighted by atomic mass is 19.3. The van der Waals surface area contributed by atoms with Crippen LogP contribution in [0.2, 0.25) is 0 Å². The Labute approximate surface area is 118 Å². The van der Waals surface area contributed by atoms with E-state index in [9.17, 15) is 8.78 Å². The molecule has 0 radical (unpaired) electrons. The molecule has 4 unspecified atom stereocenters. The fraction of sp³-hybridized carbons (Fsp3) is 1.00. The van der Waals surface area contributed by atoms with Gasteiger partial charge in [-0.2, -0.15) is 0 Å². The molecule has 0 bridgehead atoms. The van der Waals surface area contributed by atoms with Gasteiger partial charge in [0.25, 0.3) is 5.92 Å². The van der Waals surface area contributed by atoms with E-state index in [1.807, 2.05) is 6.92 Å². The second-order valence-electron chi connectivity index (χ2n) is 6.54. The van der Waals surface area contributed by atoms with Crippen LogP contribution in [0, 0.1) is 23.7 Å². The van der Waals surface area contributed by atoms with E-state index in [0.29, 0.717) is 0 Å². The van der Waals surface area contributed by atoms with Crippen LogP contribution < -0.4 is 0 Å². The second-order valence-corrected chi connectivity index (χ2v) is 6.54. The molecule has 0 spiro atoms. The van der Waals surface area contributed by atoms with Crippen molar-refractivity contribution in [2.24, 2.45) is 23.7 Å². The summed E-state index contributed by atoms with van der Waals surface area (Å²) in [5, 5.41) is 0. The van der Waals surface area contributed by atoms with Crippen LogP contribution in [-0.4, -0.2) is 5.92 Å². The molecule has 2 heteroatoms.